The van der Waals surface area contributed by atoms with E-state index >= 15 is 0 Å². The highest BCUT2D eigenvalue weighted by Crippen LogP contribution is 2.39. The Morgan fingerprint density at radius 2 is 2.09 bits per heavy atom. The zero-order chi connectivity index (χ0) is 23.3. The van der Waals surface area contributed by atoms with Crippen molar-refractivity contribution in [1.82, 2.24) is 14.9 Å². The zero-order valence-corrected chi connectivity index (χ0v) is 19.3. The van der Waals surface area contributed by atoms with Gasteiger partial charge in [0.05, 0.1) is 23.1 Å². The first-order valence-corrected chi connectivity index (χ1v) is 12.0. The summed E-state index contributed by atoms with van der Waals surface area (Å²) in [7, 11) is 0. The number of aliphatic hydroxyl groups excluding tert-OH is 1. The number of aryl methyl sites for hydroxylation is 2. The Morgan fingerprint density at radius 1 is 1.27 bits per heavy atom. The lowest BCUT2D eigenvalue weighted by Gasteiger charge is -2.24. The summed E-state index contributed by atoms with van der Waals surface area (Å²) in [6, 6.07) is 10.7. The van der Waals surface area contributed by atoms with Crippen LogP contribution in [0.3, 0.4) is 0 Å². The normalized spacial score (nSPS) is 17.2. The second kappa shape index (κ2) is 8.37. The number of aromatic amines is 1. The molecule has 0 spiro atoms. The standard InChI is InChI=1S/C25H25N3O4S/c1-14-9-21-22-20(16-5-3-7-18(10-16)33(31)32)11-19(15(2)23(22)27-24(21)26-12-14)25(30)28-8-4-6-17(28)13-29/h3,5,7,9-12,17,29H,4,6,8,13H2,1-2H3,(H,26,27)(H,31,32). The number of aliphatic hydroxyl groups is 1. The van der Waals surface area contributed by atoms with Gasteiger partial charge >= 0.3 is 0 Å². The summed E-state index contributed by atoms with van der Waals surface area (Å²) >= 11 is -2.12. The summed E-state index contributed by atoms with van der Waals surface area (Å²) in [5.74, 6) is -0.114. The van der Waals surface area contributed by atoms with Crippen molar-refractivity contribution in [1.29, 1.82) is 0 Å². The fourth-order valence-electron chi connectivity index (χ4n) is 4.87. The molecule has 8 heteroatoms. The van der Waals surface area contributed by atoms with Gasteiger partial charge in [0, 0.05) is 29.1 Å². The number of carbonyl (C=O) groups excluding carboxylic acids is 1. The molecule has 1 aliphatic rings. The summed E-state index contributed by atoms with van der Waals surface area (Å²) in [5.41, 5.74) is 5.47. The SMILES string of the molecule is Cc1cnc2[nH]c3c(C)c(C(=O)N4CCCC4CO)cc(-c4cccc(S(=O)O)c4)c3c2c1. The van der Waals surface area contributed by atoms with Gasteiger partial charge in [0.1, 0.15) is 5.65 Å². The minimum Gasteiger partial charge on any atom is -0.394 e. The van der Waals surface area contributed by atoms with E-state index in [1.807, 2.05) is 26.0 Å². The first-order valence-electron chi connectivity index (χ1n) is 10.9. The maximum atomic E-state index is 13.6. The van der Waals surface area contributed by atoms with Gasteiger partial charge in [-0.15, -0.1) is 0 Å². The van der Waals surface area contributed by atoms with Crippen molar-refractivity contribution in [3.63, 3.8) is 0 Å². The predicted octanol–water partition coefficient (Wildman–Crippen LogP) is 4.18. The minimum absolute atomic E-state index is 0.0557. The van der Waals surface area contributed by atoms with E-state index in [-0.39, 0.29) is 18.6 Å². The molecule has 0 radical (unpaired) electrons. The van der Waals surface area contributed by atoms with E-state index in [0.29, 0.717) is 17.0 Å². The number of hydrogen-bond acceptors (Lipinski definition) is 4. The van der Waals surface area contributed by atoms with Crippen LogP contribution >= 0.6 is 0 Å². The number of H-pyrrole nitrogens is 1. The van der Waals surface area contributed by atoms with Crippen LogP contribution in [-0.2, 0) is 11.1 Å². The lowest BCUT2D eigenvalue weighted by Crippen LogP contribution is -2.38. The van der Waals surface area contributed by atoms with Crippen LogP contribution in [0.1, 0.15) is 34.3 Å². The lowest BCUT2D eigenvalue weighted by molar-refractivity contribution is 0.0677. The second-order valence-electron chi connectivity index (χ2n) is 8.63. The van der Waals surface area contributed by atoms with Crippen molar-refractivity contribution in [2.75, 3.05) is 13.2 Å². The van der Waals surface area contributed by atoms with Gasteiger partial charge in [-0.1, -0.05) is 12.1 Å². The maximum absolute atomic E-state index is 13.6. The van der Waals surface area contributed by atoms with Crippen molar-refractivity contribution in [2.24, 2.45) is 0 Å². The first-order chi connectivity index (χ1) is 15.9. The van der Waals surface area contributed by atoms with E-state index in [2.05, 4.69) is 16.0 Å². The van der Waals surface area contributed by atoms with Gasteiger partial charge in [-0.2, -0.15) is 0 Å². The predicted molar refractivity (Wildman–Crippen MR) is 129 cm³/mol. The van der Waals surface area contributed by atoms with E-state index in [9.17, 15) is 18.7 Å². The summed E-state index contributed by atoms with van der Waals surface area (Å²) in [5, 5.41) is 11.6. The third-order valence-electron chi connectivity index (χ3n) is 6.55. The molecule has 2 unspecified atom stereocenters. The Balaban J connectivity index is 1.81. The van der Waals surface area contributed by atoms with Crippen LogP contribution in [0.4, 0.5) is 0 Å². The van der Waals surface area contributed by atoms with Crippen molar-refractivity contribution in [3.05, 3.63) is 59.3 Å². The molecule has 7 nitrogen and oxygen atoms in total. The van der Waals surface area contributed by atoms with Gasteiger partial charge in [0.2, 0.25) is 0 Å². The van der Waals surface area contributed by atoms with Gasteiger partial charge in [-0.3, -0.25) is 4.79 Å². The molecule has 2 aromatic heterocycles. The molecule has 2 atom stereocenters. The number of hydrogen-bond donors (Lipinski definition) is 3. The minimum atomic E-state index is -2.12. The molecule has 170 valence electrons. The number of benzene rings is 2. The third kappa shape index (κ3) is 3.64. The monoisotopic (exact) mass is 463 g/mol. The largest absolute Gasteiger partial charge is 0.394 e. The number of nitrogens with one attached hydrogen (secondary N) is 1. The highest BCUT2D eigenvalue weighted by Gasteiger charge is 2.31. The molecule has 0 aliphatic carbocycles. The molecule has 1 aliphatic heterocycles. The summed E-state index contributed by atoms with van der Waals surface area (Å²) in [4.78, 5) is 23.6. The molecule has 3 N–H and O–H groups in total. The number of carbonyl (C=O) groups is 1. The van der Waals surface area contributed by atoms with Crippen LogP contribution in [0, 0.1) is 13.8 Å². The number of rotatable bonds is 4. The van der Waals surface area contributed by atoms with Gasteiger partial charge in [0.25, 0.3) is 5.91 Å². The molecule has 4 aromatic rings. The molecule has 1 saturated heterocycles. The van der Waals surface area contributed by atoms with Crippen LogP contribution in [-0.4, -0.2) is 53.8 Å². The Morgan fingerprint density at radius 3 is 2.85 bits per heavy atom. The molecule has 0 bridgehead atoms. The van der Waals surface area contributed by atoms with Gasteiger partial charge in [0.15, 0.2) is 11.1 Å². The number of pyridine rings is 1. The molecule has 2 aromatic carbocycles. The van der Waals surface area contributed by atoms with Gasteiger partial charge in [-0.25, -0.2) is 9.19 Å². The molecule has 1 fully saturated rings. The number of nitrogens with zero attached hydrogens (tertiary/aromatic N) is 2. The Labute approximate surface area is 193 Å². The van der Waals surface area contributed by atoms with Crippen LogP contribution < -0.4 is 0 Å². The molecule has 3 heterocycles. The summed E-state index contributed by atoms with van der Waals surface area (Å²) in [6.45, 7) is 4.46. The van der Waals surface area contributed by atoms with Crippen LogP contribution in [0.25, 0.3) is 33.1 Å². The summed E-state index contributed by atoms with van der Waals surface area (Å²) in [6.07, 6.45) is 3.45. The average molecular weight is 464 g/mol. The molecular weight excluding hydrogens is 438 g/mol. The molecule has 5 rings (SSSR count). The Hall–Kier alpha value is -3.07. The highest BCUT2D eigenvalue weighted by atomic mass is 32.2. The van der Waals surface area contributed by atoms with E-state index in [0.717, 1.165) is 57.0 Å². The fraction of sp³-hybridized carbons (Fsp3) is 0.280. The lowest BCUT2D eigenvalue weighted by atomic mass is 9.93. The summed E-state index contributed by atoms with van der Waals surface area (Å²) < 4.78 is 21.4. The quantitative estimate of drug-likeness (QED) is 0.394. The Bertz CT molecular complexity index is 1430. The van der Waals surface area contributed by atoms with Gasteiger partial charge < -0.3 is 19.5 Å². The number of amides is 1. The van der Waals surface area contributed by atoms with Crippen LogP contribution in [0.5, 0.6) is 0 Å². The average Bonchev–Trinajstić information content (AvgIpc) is 3.44. The van der Waals surface area contributed by atoms with Crippen molar-refractivity contribution < 1.29 is 18.7 Å². The van der Waals surface area contributed by atoms with Crippen molar-refractivity contribution in [2.45, 2.75) is 37.6 Å². The smallest absolute Gasteiger partial charge is 0.254 e. The van der Waals surface area contributed by atoms with E-state index in [4.69, 9.17) is 0 Å². The van der Waals surface area contributed by atoms with E-state index in [1.54, 1.807) is 29.3 Å². The fourth-order valence-corrected chi connectivity index (χ4v) is 5.29. The third-order valence-corrected chi connectivity index (χ3v) is 7.21. The van der Waals surface area contributed by atoms with E-state index in [1.165, 1.54) is 0 Å². The maximum Gasteiger partial charge on any atom is 0.254 e. The zero-order valence-electron chi connectivity index (χ0n) is 18.5. The van der Waals surface area contributed by atoms with Crippen molar-refractivity contribution >= 4 is 38.9 Å². The topological polar surface area (TPSA) is 107 Å². The molecule has 33 heavy (non-hydrogen) atoms. The second-order valence-corrected chi connectivity index (χ2v) is 9.60. The number of fused-ring (bicyclic) bond motifs is 3. The number of likely N-dealkylation sites (tertiary alicyclic amines) is 1. The molecule has 1 amide bonds. The number of aromatic nitrogens is 2. The highest BCUT2D eigenvalue weighted by molar-refractivity contribution is 7.79. The van der Waals surface area contributed by atoms with Crippen LogP contribution in [0.2, 0.25) is 0 Å². The first kappa shape index (κ1) is 21.8. The van der Waals surface area contributed by atoms with Gasteiger partial charge in [-0.05, 0) is 73.2 Å². The Kier molecular flexibility index (Phi) is 5.52. The van der Waals surface area contributed by atoms with Crippen LogP contribution in [0.15, 0.2) is 47.5 Å². The molecule has 0 saturated carbocycles. The van der Waals surface area contributed by atoms with Crippen molar-refractivity contribution in [3.8, 4) is 11.1 Å². The van der Waals surface area contributed by atoms with E-state index < -0.39 is 11.1 Å². The molecular formula is C25H25N3O4S.